The molecule has 2 rings (SSSR count). The molecule has 1 aliphatic rings. The topological polar surface area (TPSA) is 55.1 Å². The number of amides is 1. The van der Waals surface area contributed by atoms with E-state index in [1.807, 2.05) is 0 Å². The third kappa shape index (κ3) is 2.96. The van der Waals surface area contributed by atoms with E-state index in [1.54, 1.807) is 0 Å². The number of hydrogen-bond donors (Lipinski definition) is 2. The maximum Gasteiger partial charge on any atom is 0.223 e. The van der Waals surface area contributed by atoms with Crippen molar-refractivity contribution in [2.45, 2.75) is 25.4 Å². The zero-order valence-electron chi connectivity index (χ0n) is 9.25. The average Bonchev–Trinajstić information content (AvgIpc) is 2.26. The van der Waals surface area contributed by atoms with E-state index in [9.17, 15) is 9.18 Å². The van der Waals surface area contributed by atoms with Crippen LogP contribution in [0.5, 0.6) is 0 Å². The molecule has 1 aromatic carbocycles. The molecule has 0 radical (unpaired) electrons. The van der Waals surface area contributed by atoms with E-state index in [2.05, 4.69) is 5.32 Å². The van der Waals surface area contributed by atoms with Crippen molar-refractivity contribution < 1.29 is 9.18 Å². The molecule has 3 N–H and O–H groups in total. The maximum absolute atomic E-state index is 13.3. The van der Waals surface area contributed by atoms with Crippen LogP contribution in [0.3, 0.4) is 0 Å². The largest absolute Gasteiger partial charge is 0.352 e. The Balaban J connectivity index is 1.89. The molecule has 0 saturated heterocycles. The molecule has 0 atom stereocenters. The summed E-state index contributed by atoms with van der Waals surface area (Å²) in [7, 11) is 0. The molecule has 1 amide bonds. The van der Waals surface area contributed by atoms with E-state index < -0.39 is 0 Å². The SMILES string of the molecule is NC1CC(C(=O)NCc2cc(Cl)ccc2F)C1. The fraction of sp³-hybridized carbons (Fsp3) is 0.417. The highest BCUT2D eigenvalue weighted by Crippen LogP contribution is 2.25. The van der Waals surface area contributed by atoms with Crippen LogP contribution in [-0.2, 0) is 11.3 Å². The summed E-state index contributed by atoms with van der Waals surface area (Å²) in [4.78, 5) is 11.6. The number of hydrogen-bond acceptors (Lipinski definition) is 2. The fourth-order valence-corrected chi connectivity index (χ4v) is 2.08. The second-order valence-electron chi connectivity index (χ2n) is 4.38. The molecule has 3 nitrogen and oxygen atoms in total. The van der Waals surface area contributed by atoms with Gasteiger partial charge in [-0.2, -0.15) is 0 Å². The third-order valence-corrected chi connectivity index (χ3v) is 3.24. The van der Waals surface area contributed by atoms with Gasteiger partial charge in [-0.05, 0) is 31.0 Å². The van der Waals surface area contributed by atoms with Gasteiger partial charge in [0.25, 0.3) is 0 Å². The minimum absolute atomic E-state index is 0.0211. The summed E-state index contributed by atoms with van der Waals surface area (Å²) < 4.78 is 13.3. The highest BCUT2D eigenvalue weighted by molar-refractivity contribution is 6.30. The summed E-state index contributed by atoms with van der Waals surface area (Å²) in [5, 5.41) is 3.16. The Kier molecular flexibility index (Phi) is 3.64. The van der Waals surface area contributed by atoms with E-state index in [-0.39, 0.29) is 30.2 Å². The Morgan fingerprint density at radius 2 is 2.24 bits per heavy atom. The highest BCUT2D eigenvalue weighted by atomic mass is 35.5. The van der Waals surface area contributed by atoms with Gasteiger partial charge in [-0.15, -0.1) is 0 Å². The van der Waals surface area contributed by atoms with Gasteiger partial charge in [0.1, 0.15) is 5.82 Å². The lowest BCUT2D eigenvalue weighted by molar-refractivity contribution is -0.128. The molecule has 0 bridgehead atoms. The predicted octanol–water partition coefficient (Wildman–Crippen LogP) is 1.83. The molecular weight excluding hydrogens is 243 g/mol. The Bertz CT molecular complexity index is 433. The second kappa shape index (κ2) is 5.02. The Hall–Kier alpha value is -1.13. The maximum atomic E-state index is 13.3. The van der Waals surface area contributed by atoms with E-state index in [4.69, 9.17) is 17.3 Å². The van der Waals surface area contributed by atoms with Gasteiger partial charge in [-0.1, -0.05) is 11.6 Å². The first-order valence-corrected chi connectivity index (χ1v) is 5.91. The lowest BCUT2D eigenvalue weighted by Gasteiger charge is -2.31. The van der Waals surface area contributed by atoms with Crippen molar-refractivity contribution in [3.63, 3.8) is 0 Å². The Labute approximate surface area is 104 Å². The third-order valence-electron chi connectivity index (χ3n) is 3.01. The molecule has 92 valence electrons. The van der Waals surface area contributed by atoms with Gasteiger partial charge >= 0.3 is 0 Å². The zero-order valence-corrected chi connectivity index (χ0v) is 10.0. The van der Waals surface area contributed by atoms with Crippen LogP contribution in [0.1, 0.15) is 18.4 Å². The number of carbonyl (C=O) groups excluding carboxylic acids is 1. The normalized spacial score (nSPS) is 23.0. The molecule has 1 saturated carbocycles. The van der Waals surface area contributed by atoms with Crippen LogP contribution in [0.15, 0.2) is 18.2 Å². The molecule has 1 aliphatic carbocycles. The Morgan fingerprint density at radius 3 is 2.88 bits per heavy atom. The molecule has 0 aromatic heterocycles. The molecule has 0 aliphatic heterocycles. The second-order valence-corrected chi connectivity index (χ2v) is 4.82. The first-order chi connectivity index (χ1) is 8.06. The number of carbonyl (C=O) groups is 1. The van der Waals surface area contributed by atoms with Gasteiger partial charge in [0.05, 0.1) is 0 Å². The van der Waals surface area contributed by atoms with Crippen molar-refractivity contribution in [3.05, 3.63) is 34.6 Å². The highest BCUT2D eigenvalue weighted by Gasteiger charge is 2.31. The van der Waals surface area contributed by atoms with Crippen molar-refractivity contribution in [2.75, 3.05) is 0 Å². The van der Waals surface area contributed by atoms with Crippen molar-refractivity contribution in [2.24, 2.45) is 11.7 Å². The monoisotopic (exact) mass is 256 g/mol. The van der Waals surface area contributed by atoms with Crippen molar-refractivity contribution in [1.82, 2.24) is 5.32 Å². The van der Waals surface area contributed by atoms with Gasteiger partial charge in [-0.25, -0.2) is 4.39 Å². The number of rotatable bonds is 3. The summed E-state index contributed by atoms with van der Waals surface area (Å²) in [5.41, 5.74) is 6.00. The minimum Gasteiger partial charge on any atom is -0.352 e. The lowest BCUT2D eigenvalue weighted by Crippen LogP contribution is -2.44. The summed E-state index contributed by atoms with van der Waals surface area (Å²) in [5.74, 6) is -0.446. The van der Waals surface area contributed by atoms with Crippen LogP contribution < -0.4 is 11.1 Å². The number of nitrogens with two attached hydrogens (primary N) is 1. The zero-order chi connectivity index (χ0) is 12.4. The number of benzene rings is 1. The molecular formula is C12H14ClFN2O. The molecule has 1 aromatic rings. The van der Waals surface area contributed by atoms with Crippen LogP contribution in [-0.4, -0.2) is 11.9 Å². The van der Waals surface area contributed by atoms with E-state index >= 15 is 0 Å². The molecule has 0 spiro atoms. The van der Waals surface area contributed by atoms with Gasteiger partial charge in [0.15, 0.2) is 0 Å². The van der Waals surface area contributed by atoms with Crippen LogP contribution in [0, 0.1) is 11.7 Å². The van der Waals surface area contributed by atoms with Crippen LogP contribution in [0.4, 0.5) is 4.39 Å². The first-order valence-electron chi connectivity index (χ1n) is 5.53. The van der Waals surface area contributed by atoms with Gasteiger partial charge in [-0.3, -0.25) is 4.79 Å². The molecule has 1 fully saturated rings. The summed E-state index contributed by atoms with van der Waals surface area (Å²) in [6.07, 6.45) is 1.42. The fourth-order valence-electron chi connectivity index (χ4n) is 1.88. The lowest BCUT2D eigenvalue weighted by atomic mass is 9.80. The number of nitrogens with one attached hydrogen (secondary N) is 1. The van der Waals surface area contributed by atoms with Gasteiger partial charge < -0.3 is 11.1 Å². The quantitative estimate of drug-likeness (QED) is 0.867. The molecule has 0 unspecified atom stereocenters. The van der Waals surface area contributed by atoms with Crippen LogP contribution in [0.25, 0.3) is 0 Å². The average molecular weight is 257 g/mol. The van der Waals surface area contributed by atoms with Crippen LogP contribution in [0.2, 0.25) is 5.02 Å². The summed E-state index contributed by atoms with van der Waals surface area (Å²) >= 11 is 5.76. The Morgan fingerprint density at radius 1 is 1.53 bits per heavy atom. The number of halogens is 2. The summed E-state index contributed by atoms with van der Waals surface area (Å²) in [6.45, 7) is 0.164. The smallest absolute Gasteiger partial charge is 0.223 e. The standard InChI is InChI=1S/C12H14ClFN2O/c13-9-1-2-11(14)8(3-9)6-16-12(17)7-4-10(15)5-7/h1-3,7,10H,4-6,15H2,(H,16,17). The summed E-state index contributed by atoms with van der Waals surface area (Å²) in [6, 6.07) is 4.42. The molecule has 0 heterocycles. The van der Waals surface area contributed by atoms with Gasteiger partial charge in [0.2, 0.25) is 5.91 Å². The minimum atomic E-state index is -0.361. The molecule has 17 heavy (non-hydrogen) atoms. The van der Waals surface area contributed by atoms with Crippen molar-refractivity contribution in [3.8, 4) is 0 Å². The van der Waals surface area contributed by atoms with E-state index in [1.165, 1.54) is 18.2 Å². The predicted molar refractivity (Wildman–Crippen MR) is 64.0 cm³/mol. The van der Waals surface area contributed by atoms with Gasteiger partial charge in [0, 0.05) is 29.1 Å². The van der Waals surface area contributed by atoms with Crippen molar-refractivity contribution in [1.29, 1.82) is 0 Å². The van der Waals surface area contributed by atoms with Crippen molar-refractivity contribution >= 4 is 17.5 Å². The molecule has 5 heteroatoms. The van der Waals surface area contributed by atoms with Crippen LogP contribution >= 0.6 is 11.6 Å². The van der Waals surface area contributed by atoms with E-state index in [0.717, 1.165) is 0 Å². The first kappa shape index (κ1) is 12.3. The van der Waals surface area contributed by atoms with E-state index in [0.29, 0.717) is 23.4 Å².